The number of piperidine rings is 1. The zero-order chi connectivity index (χ0) is 50.2. The van der Waals surface area contributed by atoms with Gasteiger partial charge in [-0.3, -0.25) is 34.3 Å². The molecular weight excluding hydrogens is 1030 g/mol. The molecule has 3 aromatic rings. The van der Waals surface area contributed by atoms with Gasteiger partial charge in [-0.05, 0) is 78.8 Å². The van der Waals surface area contributed by atoms with Crippen LogP contribution < -0.4 is 36.6 Å². The number of hydrogen-bond donors (Lipinski definition) is 10. The molecule has 3 unspecified atom stereocenters. The largest absolute Gasteiger partial charge is 0.479 e. The van der Waals surface area contributed by atoms with Gasteiger partial charge in [0.2, 0.25) is 29.9 Å². The van der Waals surface area contributed by atoms with E-state index in [4.69, 9.17) is 14.2 Å². The van der Waals surface area contributed by atoms with E-state index in [2.05, 4.69) is 36.9 Å². The summed E-state index contributed by atoms with van der Waals surface area (Å²) in [6.45, 7) is 1.68. The number of rotatable bonds is 21. The molecule has 23 heteroatoms. The summed E-state index contributed by atoms with van der Waals surface area (Å²) in [6.07, 6.45) is 0.268. The molecule has 2 aromatic carbocycles. The lowest BCUT2D eigenvalue weighted by atomic mass is 9.91. The minimum Gasteiger partial charge on any atom is -0.479 e. The van der Waals surface area contributed by atoms with Crippen LogP contribution in [0.25, 0.3) is 6.08 Å². The van der Waals surface area contributed by atoms with E-state index in [-0.39, 0.29) is 66.2 Å². The highest BCUT2D eigenvalue weighted by atomic mass is 127. The number of aliphatic hydroxyl groups is 3. The van der Waals surface area contributed by atoms with Crippen LogP contribution in [0.2, 0.25) is 0 Å². The molecule has 10 N–H and O–H groups in total. The minimum atomic E-state index is -1.98. The summed E-state index contributed by atoms with van der Waals surface area (Å²) in [5.74, 6) is -3.12. The maximum atomic E-state index is 13.5. The number of aliphatic carboxylic acids is 1. The molecule has 6 amide bonds. The SMILES string of the molecule is O=C(/C=C/c1cccnc1)NCCCCC1CCN(C(=O)c2cccc(NC(=O)OCc3ccc(O[C@@H]4OC(C(=O)O)C(O)[C@H](O)C4O)c(NC(=O)CCNC(=O)C4(NC(=O)CI)CNC4)c3)c2)CC1. The number of nitrogens with zero attached hydrogens (tertiary/aromatic N) is 2. The number of alkyl halides is 1. The first-order chi connectivity index (χ1) is 33.6. The molecule has 0 bridgehead atoms. The Kier molecular flexibility index (Phi) is 19.4. The van der Waals surface area contributed by atoms with Gasteiger partial charge in [-0.15, -0.1) is 0 Å². The third-order valence-electron chi connectivity index (χ3n) is 11.9. The van der Waals surface area contributed by atoms with Crippen molar-refractivity contribution in [1.29, 1.82) is 0 Å². The van der Waals surface area contributed by atoms with Crippen LogP contribution in [0.15, 0.2) is 73.1 Å². The highest BCUT2D eigenvalue weighted by Gasteiger charge is 2.48. The summed E-state index contributed by atoms with van der Waals surface area (Å²) in [5, 5.41) is 57.0. The maximum Gasteiger partial charge on any atom is 0.411 e. The Morgan fingerprint density at radius 1 is 0.900 bits per heavy atom. The van der Waals surface area contributed by atoms with Crippen LogP contribution in [0.1, 0.15) is 60.0 Å². The first-order valence-corrected chi connectivity index (χ1v) is 24.2. The second-order valence-corrected chi connectivity index (χ2v) is 17.8. The zero-order valence-corrected chi connectivity index (χ0v) is 40.2. The number of carboxylic acid groups (broad SMARTS) is 1. The zero-order valence-electron chi connectivity index (χ0n) is 38.0. The van der Waals surface area contributed by atoms with Crippen LogP contribution in [0.4, 0.5) is 16.2 Å². The Bertz CT molecular complexity index is 2360. The first-order valence-electron chi connectivity index (χ1n) is 22.7. The van der Waals surface area contributed by atoms with Gasteiger partial charge in [-0.2, -0.15) is 0 Å². The van der Waals surface area contributed by atoms with E-state index < -0.39 is 60.1 Å². The van der Waals surface area contributed by atoms with E-state index in [1.165, 1.54) is 24.3 Å². The lowest BCUT2D eigenvalue weighted by molar-refractivity contribution is -0.271. The van der Waals surface area contributed by atoms with E-state index >= 15 is 0 Å². The summed E-state index contributed by atoms with van der Waals surface area (Å²) < 4.78 is 16.6. The number of nitrogens with one attached hydrogen (secondary N) is 6. The maximum absolute atomic E-state index is 13.5. The van der Waals surface area contributed by atoms with E-state index in [0.29, 0.717) is 42.4 Å². The van der Waals surface area contributed by atoms with E-state index in [9.17, 15) is 54.0 Å². The third kappa shape index (κ3) is 14.9. The van der Waals surface area contributed by atoms with Crippen molar-refractivity contribution in [2.75, 3.05) is 54.3 Å². The summed E-state index contributed by atoms with van der Waals surface area (Å²) in [4.78, 5) is 94.4. The number of carbonyl (C=O) groups is 7. The molecule has 70 heavy (non-hydrogen) atoms. The molecule has 0 aliphatic carbocycles. The summed E-state index contributed by atoms with van der Waals surface area (Å²) in [5.41, 5.74) is 0.644. The Labute approximate surface area is 416 Å². The standard InChI is InChI=1S/C47H57IN8O14/c48-23-37(59)55-47(26-50-27-47)45(66)52-18-13-36(58)54-33-21-30(9-11-34(33)69-44-40(62)38(60)39(61)41(70-44)43(64)65)25-68-46(67)53-32-8-3-7-31(22-32)42(63)56-19-14-28(15-20-56)5-1-2-17-51-35(57)12-10-29-6-4-16-49-24-29/h3-4,6-12,16,21-22,24,28,38-41,44,50,60-62H,1-2,5,13-15,17-20,23,25-27H2,(H,51,57)(H,52,66)(H,53,67)(H,54,58)(H,55,59)(H,64,65)/b12-10+/t38-,39?,40?,41?,44+/m0/s1. The smallest absolute Gasteiger partial charge is 0.411 e. The Morgan fingerprint density at radius 2 is 1.69 bits per heavy atom. The van der Waals surface area contributed by atoms with E-state index in [1.54, 1.807) is 53.7 Å². The number of anilines is 2. The fourth-order valence-electron chi connectivity index (χ4n) is 7.91. The summed E-state index contributed by atoms with van der Waals surface area (Å²) >= 11 is 1.88. The number of unbranched alkanes of at least 4 members (excludes halogenated alkanes) is 1. The van der Waals surface area contributed by atoms with Crippen molar-refractivity contribution in [1.82, 2.24) is 31.2 Å². The van der Waals surface area contributed by atoms with Crippen molar-refractivity contribution >= 4 is 81.6 Å². The number of benzene rings is 2. The van der Waals surface area contributed by atoms with Gasteiger partial charge in [0, 0.05) is 75.4 Å². The van der Waals surface area contributed by atoms with Crippen molar-refractivity contribution in [3.8, 4) is 5.75 Å². The monoisotopic (exact) mass is 1080 g/mol. The Hall–Kier alpha value is -6.25. The number of carbonyl (C=O) groups excluding carboxylic acids is 6. The topological polar surface area (TPSA) is 316 Å². The Morgan fingerprint density at radius 3 is 2.39 bits per heavy atom. The third-order valence-corrected chi connectivity index (χ3v) is 12.6. The number of halogens is 1. The minimum absolute atomic E-state index is 0.0580. The molecule has 4 heterocycles. The molecule has 3 aliphatic rings. The van der Waals surface area contributed by atoms with Crippen molar-refractivity contribution in [2.45, 2.75) is 81.4 Å². The highest BCUT2D eigenvalue weighted by molar-refractivity contribution is 14.1. The molecule has 22 nitrogen and oxygen atoms in total. The number of hydrogen-bond acceptors (Lipinski definition) is 15. The molecule has 0 saturated carbocycles. The van der Waals surface area contributed by atoms with Gasteiger partial charge in [-0.25, -0.2) is 9.59 Å². The second kappa shape index (κ2) is 25.6. The average Bonchev–Trinajstić information content (AvgIpc) is 3.34. The second-order valence-electron chi connectivity index (χ2n) is 17.0. The lowest BCUT2D eigenvalue weighted by Gasteiger charge is -2.41. The van der Waals surface area contributed by atoms with Gasteiger partial charge in [-0.1, -0.05) is 53.6 Å². The van der Waals surface area contributed by atoms with Gasteiger partial charge < -0.3 is 66.1 Å². The van der Waals surface area contributed by atoms with Crippen LogP contribution in [-0.4, -0.2) is 152 Å². The molecule has 5 atom stereocenters. The fourth-order valence-corrected chi connectivity index (χ4v) is 8.10. The molecule has 3 saturated heterocycles. The number of likely N-dealkylation sites (tertiary alicyclic amines) is 1. The molecule has 3 aliphatic heterocycles. The van der Waals surface area contributed by atoms with Crippen LogP contribution in [-0.2, 0) is 40.1 Å². The predicted octanol–water partition coefficient (Wildman–Crippen LogP) is 1.29. The molecule has 376 valence electrons. The van der Waals surface area contributed by atoms with Gasteiger partial charge in [0.1, 0.15) is 36.2 Å². The Balaban J connectivity index is 0.990. The van der Waals surface area contributed by atoms with Crippen molar-refractivity contribution in [3.63, 3.8) is 0 Å². The highest BCUT2D eigenvalue weighted by Crippen LogP contribution is 2.32. The number of aliphatic hydroxyl groups excluding tert-OH is 3. The van der Waals surface area contributed by atoms with Crippen LogP contribution >= 0.6 is 22.6 Å². The van der Waals surface area contributed by atoms with Crippen molar-refractivity contribution in [2.24, 2.45) is 5.92 Å². The normalized spacial score (nSPS) is 20.9. The van der Waals surface area contributed by atoms with Crippen molar-refractivity contribution in [3.05, 3.63) is 89.8 Å². The fraction of sp³-hybridized carbons (Fsp3) is 0.447. The molecule has 0 radical (unpaired) electrons. The first kappa shape index (κ1) is 53.1. The molecule has 0 spiro atoms. The number of aromatic nitrogens is 1. The van der Waals surface area contributed by atoms with E-state index in [1.807, 2.05) is 28.7 Å². The lowest BCUT2D eigenvalue weighted by Crippen LogP contribution is -2.75. The van der Waals surface area contributed by atoms with Gasteiger partial charge in [0.15, 0.2) is 6.10 Å². The number of pyridine rings is 1. The molecule has 6 rings (SSSR count). The van der Waals surface area contributed by atoms with Gasteiger partial charge in [0.25, 0.3) is 5.91 Å². The van der Waals surface area contributed by atoms with Gasteiger partial charge in [0.05, 0.1) is 10.1 Å². The van der Waals surface area contributed by atoms with E-state index in [0.717, 1.165) is 37.7 Å². The van der Waals surface area contributed by atoms with Crippen molar-refractivity contribution < 1.29 is 68.2 Å². The van der Waals surface area contributed by atoms with Crippen LogP contribution in [0.3, 0.4) is 0 Å². The predicted molar refractivity (Wildman–Crippen MR) is 259 cm³/mol. The molecule has 3 fully saturated rings. The number of carboxylic acids is 1. The number of ether oxygens (including phenoxy) is 3. The number of amides is 6. The van der Waals surface area contributed by atoms with Gasteiger partial charge >= 0.3 is 12.1 Å². The average molecular weight is 1080 g/mol. The summed E-state index contributed by atoms with van der Waals surface area (Å²) in [6, 6.07) is 14.2. The quantitative estimate of drug-likeness (QED) is 0.0311. The van der Waals surface area contributed by atoms with Crippen LogP contribution in [0.5, 0.6) is 5.75 Å². The molecular formula is C47H57IN8O14. The van der Waals surface area contributed by atoms with Crippen LogP contribution in [0, 0.1) is 5.92 Å². The summed E-state index contributed by atoms with van der Waals surface area (Å²) in [7, 11) is 0. The molecule has 1 aromatic heterocycles.